The Morgan fingerprint density at radius 2 is 2.10 bits per heavy atom. The number of pyridine rings is 1. The monoisotopic (exact) mass is 303 g/mol. The Labute approximate surface area is 125 Å². The Hall–Kier alpha value is -2.65. The van der Waals surface area contributed by atoms with E-state index in [-0.39, 0.29) is 22.3 Å². The normalized spacial score (nSPS) is 10.0. The van der Waals surface area contributed by atoms with Gasteiger partial charge in [-0.3, -0.25) is 10.1 Å². The summed E-state index contributed by atoms with van der Waals surface area (Å²) in [4.78, 5) is 14.3. The first-order valence-corrected chi connectivity index (χ1v) is 6.30. The molecule has 0 bridgehead atoms. The van der Waals surface area contributed by atoms with Gasteiger partial charge >= 0.3 is 0 Å². The number of nitro groups is 1. The van der Waals surface area contributed by atoms with Crippen LogP contribution < -0.4 is 4.74 Å². The zero-order valence-corrected chi connectivity index (χ0v) is 12.0. The highest BCUT2D eigenvalue weighted by Gasteiger charge is 2.15. The van der Waals surface area contributed by atoms with Gasteiger partial charge < -0.3 is 4.74 Å². The summed E-state index contributed by atoms with van der Waals surface area (Å²) in [5.74, 6) is 0.430. The van der Waals surface area contributed by atoms with Gasteiger partial charge in [-0.15, -0.1) is 0 Å². The lowest BCUT2D eigenvalue weighted by atomic mass is 10.1. The first-order chi connectivity index (χ1) is 9.92. The molecule has 106 valence electrons. The van der Waals surface area contributed by atoms with Gasteiger partial charge in [0.15, 0.2) is 0 Å². The molecular formula is C14H10ClN3O3. The summed E-state index contributed by atoms with van der Waals surface area (Å²) in [7, 11) is 0. The summed E-state index contributed by atoms with van der Waals surface area (Å²) in [6.07, 6.45) is 0. The third kappa shape index (κ3) is 3.09. The highest BCUT2D eigenvalue weighted by atomic mass is 35.5. The molecule has 0 N–H and O–H groups in total. The number of ether oxygens (including phenoxy) is 1. The predicted octanol–water partition coefficient (Wildman–Crippen LogP) is 3.92. The Morgan fingerprint density at radius 1 is 1.38 bits per heavy atom. The van der Waals surface area contributed by atoms with Crippen molar-refractivity contribution in [2.24, 2.45) is 0 Å². The second-order valence-corrected chi connectivity index (χ2v) is 4.75. The standard InChI is InChI=1S/C14H10ClN3O3/c1-8-5-9(2)17-14(11(8)7-16)21-10-3-4-13(18(19)20)12(15)6-10/h3-6H,1-2H3. The van der Waals surface area contributed by atoms with Crippen molar-refractivity contribution in [3.8, 4) is 17.7 Å². The van der Waals surface area contributed by atoms with E-state index in [0.29, 0.717) is 11.3 Å². The molecule has 7 heteroatoms. The van der Waals surface area contributed by atoms with Gasteiger partial charge in [0, 0.05) is 17.8 Å². The fourth-order valence-corrected chi connectivity index (χ4v) is 2.06. The summed E-state index contributed by atoms with van der Waals surface area (Å²) in [6.45, 7) is 3.56. The topological polar surface area (TPSA) is 89.0 Å². The average molecular weight is 304 g/mol. The van der Waals surface area contributed by atoms with Crippen molar-refractivity contribution < 1.29 is 9.66 Å². The largest absolute Gasteiger partial charge is 0.438 e. The Morgan fingerprint density at radius 3 is 2.67 bits per heavy atom. The Bertz CT molecular complexity index is 769. The van der Waals surface area contributed by atoms with E-state index in [4.69, 9.17) is 21.6 Å². The molecule has 0 saturated carbocycles. The summed E-state index contributed by atoms with van der Waals surface area (Å²) >= 11 is 5.82. The van der Waals surface area contributed by atoms with Crippen molar-refractivity contribution in [2.45, 2.75) is 13.8 Å². The number of hydrogen-bond acceptors (Lipinski definition) is 5. The molecule has 0 aliphatic heterocycles. The van der Waals surface area contributed by atoms with E-state index in [1.54, 1.807) is 19.9 Å². The summed E-state index contributed by atoms with van der Waals surface area (Å²) in [5.41, 5.74) is 1.55. The highest BCUT2D eigenvalue weighted by molar-refractivity contribution is 6.32. The van der Waals surface area contributed by atoms with Crippen LogP contribution >= 0.6 is 11.6 Å². The third-order valence-electron chi connectivity index (χ3n) is 2.75. The molecule has 2 aromatic rings. The van der Waals surface area contributed by atoms with E-state index < -0.39 is 4.92 Å². The maximum atomic E-state index is 10.7. The quantitative estimate of drug-likeness (QED) is 0.633. The molecule has 0 aliphatic carbocycles. The summed E-state index contributed by atoms with van der Waals surface area (Å²) < 4.78 is 5.54. The molecule has 0 radical (unpaired) electrons. The lowest BCUT2D eigenvalue weighted by molar-refractivity contribution is -0.384. The lowest BCUT2D eigenvalue weighted by Crippen LogP contribution is -1.97. The third-order valence-corrected chi connectivity index (χ3v) is 3.06. The molecule has 1 aromatic heterocycles. The van der Waals surface area contributed by atoms with Gasteiger partial charge in [0.25, 0.3) is 5.69 Å². The van der Waals surface area contributed by atoms with Crippen LogP contribution in [0.3, 0.4) is 0 Å². The van der Waals surface area contributed by atoms with Gasteiger partial charge in [0.05, 0.1) is 4.92 Å². The molecule has 0 aliphatic rings. The number of aromatic nitrogens is 1. The summed E-state index contributed by atoms with van der Waals surface area (Å²) in [5, 5.41) is 19.8. The minimum Gasteiger partial charge on any atom is -0.438 e. The second kappa shape index (κ2) is 5.77. The number of nitriles is 1. The molecule has 1 aromatic carbocycles. The van der Waals surface area contributed by atoms with Crippen LogP contribution in [0.25, 0.3) is 0 Å². The van der Waals surface area contributed by atoms with E-state index in [2.05, 4.69) is 4.98 Å². The van der Waals surface area contributed by atoms with Crippen LogP contribution in [0.2, 0.25) is 5.02 Å². The maximum Gasteiger partial charge on any atom is 0.288 e. The summed E-state index contributed by atoms with van der Waals surface area (Å²) in [6, 6.07) is 7.77. The minimum atomic E-state index is -0.581. The van der Waals surface area contributed by atoms with Crippen LogP contribution in [0.1, 0.15) is 16.8 Å². The molecule has 0 fully saturated rings. The van der Waals surface area contributed by atoms with Gasteiger partial charge in [-0.1, -0.05) is 11.6 Å². The fraction of sp³-hybridized carbons (Fsp3) is 0.143. The van der Waals surface area contributed by atoms with Crippen molar-refractivity contribution >= 4 is 17.3 Å². The second-order valence-electron chi connectivity index (χ2n) is 4.34. The van der Waals surface area contributed by atoms with E-state index in [1.165, 1.54) is 18.2 Å². The maximum absolute atomic E-state index is 10.7. The van der Waals surface area contributed by atoms with Crippen molar-refractivity contribution in [1.82, 2.24) is 4.98 Å². The minimum absolute atomic E-state index is 0.0413. The molecule has 21 heavy (non-hydrogen) atoms. The Balaban J connectivity index is 2.42. The van der Waals surface area contributed by atoms with Crippen LogP contribution in [0.15, 0.2) is 24.3 Å². The number of halogens is 1. The zero-order chi connectivity index (χ0) is 15.6. The van der Waals surface area contributed by atoms with Crippen LogP contribution in [0.5, 0.6) is 11.6 Å². The van der Waals surface area contributed by atoms with Crippen LogP contribution in [-0.4, -0.2) is 9.91 Å². The van der Waals surface area contributed by atoms with Crippen molar-refractivity contribution in [2.75, 3.05) is 0 Å². The van der Waals surface area contributed by atoms with Gasteiger partial charge in [-0.05, 0) is 31.5 Å². The molecule has 0 amide bonds. The van der Waals surface area contributed by atoms with Crippen LogP contribution in [0.4, 0.5) is 5.69 Å². The number of rotatable bonds is 3. The molecule has 2 rings (SSSR count). The number of nitrogens with zero attached hydrogens (tertiary/aromatic N) is 3. The van der Waals surface area contributed by atoms with E-state index in [9.17, 15) is 10.1 Å². The van der Waals surface area contributed by atoms with E-state index >= 15 is 0 Å². The van der Waals surface area contributed by atoms with Gasteiger partial charge in [0.1, 0.15) is 22.4 Å². The van der Waals surface area contributed by atoms with Crippen LogP contribution in [-0.2, 0) is 0 Å². The van der Waals surface area contributed by atoms with Crippen molar-refractivity contribution in [3.05, 3.63) is 56.2 Å². The van der Waals surface area contributed by atoms with Gasteiger partial charge in [-0.25, -0.2) is 4.98 Å². The predicted molar refractivity (Wildman–Crippen MR) is 76.6 cm³/mol. The molecule has 6 nitrogen and oxygen atoms in total. The number of aryl methyl sites for hydroxylation is 2. The first kappa shape index (κ1) is 14.8. The smallest absolute Gasteiger partial charge is 0.288 e. The molecule has 0 atom stereocenters. The lowest BCUT2D eigenvalue weighted by Gasteiger charge is -2.09. The fourth-order valence-electron chi connectivity index (χ4n) is 1.82. The molecular weight excluding hydrogens is 294 g/mol. The first-order valence-electron chi connectivity index (χ1n) is 5.92. The molecule has 1 heterocycles. The van der Waals surface area contributed by atoms with Gasteiger partial charge in [0.2, 0.25) is 5.88 Å². The van der Waals surface area contributed by atoms with Crippen molar-refractivity contribution in [3.63, 3.8) is 0 Å². The molecule has 0 unspecified atom stereocenters. The van der Waals surface area contributed by atoms with Crippen molar-refractivity contribution in [1.29, 1.82) is 5.26 Å². The molecule has 0 spiro atoms. The zero-order valence-electron chi connectivity index (χ0n) is 11.3. The highest BCUT2D eigenvalue weighted by Crippen LogP contribution is 2.32. The Kier molecular flexibility index (Phi) is 4.05. The van der Waals surface area contributed by atoms with E-state index in [0.717, 1.165) is 5.56 Å². The van der Waals surface area contributed by atoms with E-state index in [1.807, 2.05) is 6.07 Å². The molecule has 0 saturated heterocycles. The average Bonchev–Trinajstić information content (AvgIpc) is 2.37. The number of hydrogen-bond donors (Lipinski definition) is 0. The SMILES string of the molecule is Cc1cc(C)c(C#N)c(Oc2ccc([N+](=O)[O-])c(Cl)c2)n1. The number of benzene rings is 1. The number of nitro benzene ring substituents is 1. The van der Waals surface area contributed by atoms with Crippen LogP contribution in [0, 0.1) is 35.3 Å². The van der Waals surface area contributed by atoms with Gasteiger partial charge in [-0.2, -0.15) is 5.26 Å².